The summed E-state index contributed by atoms with van der Waals surface area (Å²) in [6.45, 7) is 4.35. The number of ether oxygens (including phenoxy) is 1. The predicted molar refractivity (Wildman–Crippen MR) is 58.1 cm³/mol. The number of nitrogens with one attached hydrogen (secondary N) is 1. The Bertz CT molecular complexity index is 357. The van der Waals surface area contributed by atoms with Crippen molar-refractivity contribution in [3.63, 3.8) is 0 Å². The first-order chi connectivity index (χ1) is 7.77. The number of carbonyl (C=O) groups excluding carboxylic acids is 1. The Morgan fingerprint density at radius 2 is 2.31 bits per heavy atom. The lowest BCUT2D eigenvalue weighted by Gasteiger charge is -2.26. The second-order valence-corrected chi connectivity index (χ2v) is 3.83. The number of carbonyl (C=O) groups is 1. The summed E-state index contributed by atoms with van der Waals surface area (Å²) in [5, 5.41) is 6.66. The van der Waals surface area contributed by atoms with Crippen LogP contribution in [0.15, 0.2) is 6.20 Å². The Balaban J connectivity index is 1.88. The molecule has 0 radical (unpaired) electrons. The lowest BCUT2D eigenvalue weighted by atomic mass is 10.2. The fourth-order valence-electron chi connectivity index (χ4n) is 1.81. The van der Waals surface area contributed by atoms with E-state index in [0.29, 0.717) is 5.56 Å². The van der Waals surface area contributed by atoms with Crippen molar-refractivity contribution < 1.29 is 9.53 Å². The average molecular weight is 224 g/mol. The molecule has 6 nitrogen and oxygen atoms in total. The topological polar surface area (TPSA) is 84.2 Å². The van der Waals surface area contributed by atoms with Gasteiger partial charge < -0.3 is 10.5 Å². The fraction of sp³-hybridized carbons (Fsp3) is 0.600. The van der Waals surface area contributed by atoms with Crippen molar-refractivity contribution in [3.05, 3.63) is 17.5 Å². The molecule has 6 heteroatoms. The summed E-state index contributed by atoms with van der Waals surface area (Å²) >= 11 is 0. The van der Waals surface area contributed by atoms with Crippen LogP contribution in [0, 0.1) is 0 Å². The molecule has 0 saturated carbocycles. The number of rotatable bonds is 4. The Morgan fingerprint density at radius 1 is 1.56 bits per heavy atom. The number of amides is 1. The van der Waals surface area contributed by atoms with Crippen molar-refractivity contribution in [2.75, 3.05) is 32.8 Å². The molecular formula is C10H16N4O2. The molecule has 0 atom stereocenters. The summed E-state index contributed by atoms with van der Waals surface area (Å²) in [6, 6.07) is 0. The molecule has 16 heavy (non-hydrogen) atoms. The molecule has 1 fully saturated rings. The van der Waals surface area contributed by atoms with Gasteiger partial charge in [-0.15, -0.1) is 0 Å². The van der Waals surface area contributed by atoms with Gasteiger partial charge in [0.25, 0.3) is 5.91 Å². The van der Waals surface area contributed by atoms with E-state index in [2.05, 4.69) is 15.1 Å². The largest absolute Gasteiger partial charge is 0.379 e. The molecule has 0 spiro atoms. The van der Waals surface area contributed by atoms with E-state index in [0.717, 1.165) is 45.0 Å². The maximum absolute atomic E-state index is 11.1. The standard InChI is InChI=1S/C10H16N4O2/c11-10(15)8-7-12-13-9(8)1-2-14-3-5-16-6-4-14/h7H,1-6H2,(H2,11,15)(H,12,13). The molecule has 2 heterocycles. The summed E-state index contributed by atoms with van der Waals surface area (Å²) in [7, 11) is 0. The highest BCUT2D eigenvalue weighted by Gasteiger charge is 2.14. The van der Waals surface area contributed by atoms with Crippen molar-refractivity contribution >= 4 is 5.91 Å². The van der Waals surface area contributed by atoms with Crippen molar-refractivity contribution in [1.82, 2.24) is 15.1 Å². The molecule has 1 saturated heterocycles. The number of primary amides is 1. The van der Waals surface area contributed by atoms with Crippen LogP contribution in [0.1, 0.15) is 16.1 Å². The molecule has 0 unspecified atom stereocenters. The molecule has 2 rings (SSSR count). The lowest BCUT2D eigenvalue weighted by Crippen LogP contribution is -2.37. The second kappa shape index (κ2) is 5.09. The minimum absolute atomic E-state index is 0.425. The van der Waals surface area contributed by atoms with E-state index < -0.39 is 5.91 Å². The number of hydrogen-bond acceptors (Lipinski definition) is 4. The zero-order valence-corrected chi connectivity index (χ0v) is 9.11. The third-order valence-electron chi connectivity index (χ3n) is 2.77. The molecule has 0 bridgehead atoms. The van der Waals surface area contributed by atoms with Gasteiger partial charge in [0.1, 0.15) is 0 Å². The molecule has 88 valence electrons. The Labute approximate surface area is 93.8 Å². The van der Waals surface area contributed by atoms with E-state index in [-0.39, 0.29) is 0 Å². The molecule has 1 amide bonds. The molecule has 1 aromatic heterocycles. The van der Waals surface area contributed by atoms with Gasteiger partial charge in [-0.3, -0.25) is 14.8 Å². The molecular weight excluding hydrogens is 208 g/mol. The highest BCUT2D eigenvalue weighted by molar-refractivity contribution is 5.93. The van der Waals surface area contributed by atoms with E-state index in [9.17, 15) is 4.79 Å². The number of nitrogens with two attached hydrogens (primary N) is 1. The van der Waals surface area contributed by atoms with Gasteiger partial charge in [-0.1, -0.05) is 0 Å². The zero-order valence-electron chi connectivity index (χ0n) is 9.11. The minimum atomic E-state index is -0.425. The first-order valence-electron chi connectivity index (χ1n) is 5.39. The lowest BCUT2D eigenvalue weighted by molar-refractivity contribution is 0.0383. The van der Waals surface area contributed by atoms with E-state index in [1.165, 1.54) is 6.20 Å². The van der Waals surface area contributed by atoms with Gasteiger partial charge in [0.15, 0.2) is 0 Å². The van der Waals surface area contributed by atoms with Gasteiger partial charge in [0.2, 0.25) is 0 Å². The van der Waals surface area contributed by atoms with Crippen molar-refractivity contribution in [2.24, 2.45) is 5.73 Å². The van der Waals surface area contributed by atoms with Crippen LogP contribution >= 0.6 is 0 Å². The van der Waals surface area contributed by atoms with Gasteiger partial charge in [0.05, 0.1) is 25.0 Å². The summed E-state index contributed by atoms with van der Waals surface area (Å²) in [5.41, 5.74) is 6.55. The monoisotopic (exact) mass is 224 g/mol. The van der Waals surface area contributed by atoms with E-state index >= 15 is 0 Å². The summed E-state index contributed by atoms with van der Waals surface area (Å²) < 4.78 is 5.26. The third kappa shape index (κ3) is 2.59. The Hall–Kier alpha value is -1.40. The van der Waals surface area contributed by atoms with Crippen LogP contribution in [0.2, 0.25) is 0 Å². The van der Waals surface area contributed by atoms with E-state index in [1.54, 1.807) is 0 Å². The van der Waals surface area contributed by atoms with Crippen LogP contribution in [0.5, 0.6) is 0 Å². The van der Waals surface area contributed by atoms with Gasteiger partial charge in [0, 0.05) is 31.7 Å². The number of hydrogen-bond donors (Lipinski definition) is 2. The number of morpholine rings is 1. The quantitative estimate of drug-likeness (QED) is 0.714. The normalized spacial score (nSPS) is 17.5. The zero-order chi connectivity index (χ0) is 11.4. The summed E-state index contributed by atoms with van der Waals surface area (Å²) in [4.78, 5) is 13.4. The van der Waals surface area contributed by atoms with Crippen molar-refractivity contribution in [2.45, 2.75) is 6.42 Å². The molecule has 0 aromatic carbocycles. The van der Waals surface area contributed by atoms with Crippen LogP contribution in [0.25, 0.3) is 0 Å². The number of nitrogens with zero attached hydrogens (tertiary/aromatic N) is 2. The Morgan fingerprint density at radius 3 is 3.00 bits per heavy atom. The predicted octanol–water partition coefficient (Wildman–Crippen LogP) is -0.617. The second-order valence-electron chi connectivity index (χ2n) is 3.83. The van der Waals surface area contributed by atoms with Gasteiger partial charge in [-0.2, -0.15) is 5.10 Å². The molecule has 1 aliphatic heterocycles. The minimum Gasteiger partial charge on any atom is -0.379 e. The van der Waals surface area contributed by atoms with Gasteiger partial charge in [-0.25, -0.2) is 0 Å². The third-order valence-corrected chi connectivity index (χ3v) is 2.77. The maximum Gasteiger partial charge on any atom is 0.252 e. The first kappa shape index (κ1) is 11.1. The van der Waals surface area contributed by atoms with Crippen molar-refractivity contribution in [1.29, 1.82) is 0 Å². The van der Waals surface area contributed by atoms with Crippen LogP contribution in [-0.4, -0.2) is 53.9 Å². The summed E-state index contributed by atoms with van der Waals surface area (Å²) in [5.74, 6) is -0.425. The van der Waals surface area contributed by atoms with Crippen LogP contribution in [0.3, 0.4) is 0 Å². The van der Waals surface area contributed by atoms with E-state index in [1.807, 2.05) is 0 Å². The highest BCUT2D eigenvalue weighted by atomic mass is 16.5. The first-order valence-corrected chi connectivity index (χ1v) is 5.39. The van der Waals surface area contributed by atoms with Crippen LogP contribution in [-0.2, 0) is 11.2 Å². The highest BCUT2D eigenvalue weighted by Crippen LogP contribution is 2.06. The SMILES string of the molecule is NC(=O)c1cn[nH]c1CCN1CCOCC1. The molecule has 3 N–H and O–H groups in total. The number of aromatic amines is 1. The number of H-pyrrole nitrogens is 1. The van der Waals surface area contributed by atoms with E-state index in [4.69, 9.17) is 10.5 Å². The van der Waals surface area contributed by atoms with Gasteiger partial charge in [-0.05, 0) is 0 Å². The smallest absolute Gasteiger partial charge is 0.252 e. The average Bonchev–Trinajstić information content (AvgIpc) is 2.76. The Kier molecular flexibility index (Phi) is 3.53. The number of aromatic nitrogens is 2. The molecule has 1 aliphatic rings. The maximum atomic E-state index is 11.1. The van der Waals surface area contributed by atoms with Crippen LogP contribution in [0.4, 0.5) is 0 Å². The van der Waals surface area contributed by atoms with Gasteiger partial charge >= 0.3 is 0 Å². The van der Waals surface area contributed by atoms with Crippen molar-refractivity contribution in [3.8, 4) is 0 Å². The molecule has 0 aliphatic carbocycles. The fourth-order valence-corrected chi connectivity index (χ4v) is 1.81. The van der Waals surface area contributed by atoms with Crippen LogP contribution < -0.4 is 5.73 Å². The summed E-state index contributed by atoms with van der Waals surface area (Å²) in [6.07, 6.45) is 2.25. The molecule has 1 aromatic rings.